The summed E-state index contributed by atoms with van der Waals surface area (Å²) < 4.78 is 5.97. The molecule has 0 N–H and O–H groups in total. The summed E-state index contributed by atoms with van der Waals surface area (Å²) in [7, 11) is 0. The van der Waals surface area contributed by atoms with Crippen LogP contribution >= 0.6 is 0 Å². The summed E-state index contributed by atoms with van der Waals surface area (Å²) in [6, 6.07) is 24.0. The molecule has 0 aliphatic carbocycles. The molecule has 1 heterocycles. The minimum Gasteiger partial charge on any atom is -0.457 e. The molecule has 0 radical (unpaired) electrons. The molecule has 0 saturated heterocycles. The Hall–Kier alpha value is -3.06. The minimum absolute atomic E-state index is 0.919. The summed E-state index contributed by atoms with van der Waals surface area (Å²) in [6.07, 6.45) is 5.19. The van der Waals surface area contributed by atoms with Gasteiger partial charge in [0.2, 0.25) is 0 Å². The zero-order valence-electron chi connectivity index (χ0n) is 14.1. The highest BCUT2D eigenvalue weighted by Gasteiger charge is 2.09. The number of fused-ring (bicyclic) bond motifs is 6. The Morgan fingerprint density at radius 3 is 2.32 bits per heavy atom. The molecule has 1 heteroatoms. The van der Waals surface area contributed by atoms with Crippen LogP contribution in [-0.2, 0) is 0 Å². The first-order valence-corrected chi connectivity index (χ1v) is 8.78. The van der Waals surface area contributed by atoms with Crippen molar-refractivity contribution in [1.29, 1.82) is 0 Å². The van der Waals surface area contributed by atoms with Crippen LogP contribution < -0.4 is 0 Å². The van der Waals surface area contributed by atoms with E-state index in [1.165, 1.54) is 37.7 Å². The lowest BCUT2D eigenvalue weighted by molar-refractivity contribution is 0.604. The zero-order chi connectivity index (χ0) is 16.8. The van der Waals surface area contributed by atoms with Crippen molar-refractivity contribution >= 4 is 49.4 Å². The fourth-order valence-corrected chi connectivity index (χ4v) is 3.69. The maximum Gasteiger partial charge on any atom is 0.135 e. The molecule has 0 atom stereocenters. The molecular formula is C24H18O. The van der Waals surface area contributed by atoms with E-state index >= 15 is 0 Å². The van der Waals surface area contributed by atoms with Crippen molar-refractivity contribution < 1.29 is 4.42 Å². The summed E-state index contributed by atoms with van der Waals surface area (Å²) in [4.78, 5) is 0. The lowest BCUT2D eigenvalue weighted by Crippen LogP contribution is -1.80. The molecular weight excluding hydrogens is 304 g/mol. The van der Waals surface area contributed by atoms with Crippen LogP contribution in [0.3, 0.4) is 0 Å². The number of allylic oxidation sites excluding steroid dienone is 1. The first-order chi connectivity index (χ1) is 12.3. The average Bonchev–Trinajstić information content (AvgIpc) is 3.07. The Kier molecular flexibility index (Phi) is 3.14. The SMILES string of the molecule is CC/C=C/c1cc2c(ccc3c4cc5ccccc5cc4ccc23)o1. The van der Waals surface area contributed by atoms with Gasteiger partial charge in [-0.25, -0.2) is 0 Å². The first kappa shape index (κ1) is 14.3. The maximum atomic E-state index is 5.97. The van der Waals surface area contributed by atoms with Gasteiger partial charge in [0.15, 0.2) is 0 Å². The highest BCUT2D eigenvalue weighted by Crippen LogP contribution is 2.34. The molecule has 120 valence electrons. The summed E-state index contributed by atoms with van der Waals surface area (Å²) >= 11 is 0. The lowest BCUT2D eigenvalue weighted by atomic mass is 9.97. The Labute approximate surface area is 146 Å². The van der Waals surface area contributed by atoms with Crippen molar-refractivity contribution in [2.45, 2.75) is 13.3 Å². The van der Waals surface area contributed by atoms with Crippen molar-refractivity contribution in [1.82, 2.24) is 0 Å². The van der Waals surface area contributed by atoms with Crippen LogP contribution in [0.5, 0.6) is 0 Å². The van der Waals surface area contributed by atoms with Gasteiger partial charge in [-0.15, -0.1) is 0 Å². The Balaban J connectivity index is 1.85. The number of hydrogen-bond donors (Lipinski definition) is 0. The van der Waals surface area contributed by atoms with E-state index in [0.717, 1.165) is 17.8 Å². The summed E-state index contributed by atoms with van der Waals surface area (Å²) in [5.41, 5.74) is 0.948. The van der Waals surface area contributed by atoms with Crippen LogP contribution in [0.2, 0.25) is 0 Å². The van der Waals surface area contributed by atoms with E-state index in [9.17, 15) is 0 Å². The minimum atomic E-state index is 0.919. The number of furan rings is 1. The van der Waals surface area contributed by atoms with Crippen molar-refractivity contribution in [3.63, 3.8) is 0 Å². The van der Waals surface area contributed by atoms with Crippen LogP contribution in [0.4, 0.5) is 0 Å². The van der Waals surface area contributed by atoms with Crippen LogP contribution in [-0.4, -0.2) is 0 Å². The zero-order valence-corrected chi connectivity index (χ0v) is 14.1. The lowest BCUT2D eigenvalue weighted by Gasteiger charge is -2.07. The second kappa shape index (κ2) is 5.49. The molecule has 4 aromatic carbocycles. The molecule has 0 fully saturated rings. The number of benzene rings is 4. The van der Waals surface area contributed by atoms with Crippen LogP contribution in [0.15, 0.2) is 77.2 Å². The third kappa shape index (κ3) is 2.24. The predicted octanol–water partition coefficient (Wildman–Crippen LogP) is 7.32. The largest absolute Gasteiger partial charge is 0.457 e. The van der Waals surface area contributed by atoms with Crippen molar-refractivity contribution in [2.75, 3.05) is 0 Å². The van der Waals surface area contributed by atoms with Gasteiger partial charge < -0.3 is 4.42 Å². The van der Waals surface area contributed by atoms with E-state index in [4.69, 9.17) is 4.42 Å². The Bertz CT molecular complexity index is 1270. The van der Waals surface area contributed by atoms with Crippen LogP contribution in [0, 0.1) is 0 Å². The van der Waals surface area contributed by atoms with Gasteiger partial charge in [-0.2, -0.15) is 0 Å². The molecule has 5 rings (SSSR count). The fraction of sp³-hybridized carbons (Fsp3) is 0.0833. The van der Waals surface area contributed by atoms with Gasteiger partial charge in [0.25, 0.3) is 0 Å². The van der Waals surface area contributed by atoms with Gasteiger partial charge in [0.1, 0.15) is 11.3 Å². The Morgan fingerprint density at radius 2 is 1.48 bits per heavy atom. The Morgan fingerprint density at radius 1 is 0.720 bits per heavy atom. The molecule has 0 unspecified atom stereocenters. The van der Waals surface area contributed by atoms with Crippen LogP contribution in [0.1, 0.15) is 19.1 Å². The first-order valence-electron chi connectivity index (χ1n) is 8.78. The third-order valence-corrected chi connectivity index (χ3v) is 4.92. The van der Waals surface area contributed by atoms with Crippen molar-refractivity contribution in [2.24, 2.45) is 0 Å². The van der Waals surface area contributed by atoms with Crippen molar-refractivity contribution in [3.8, 4) is 0 Å². The van der Waals surface area contributed by atoms with Gasteiger partial charge in [0.05, 0.1) is 0 Å². The standard InChI is InChI=1S/C24H18O/c1-2-3-8-19-15-23-21-10-9-18-13-16-6-4-5-7-17(16)14-22(18)20(21)11-12-24(23)25-19/h3-15H,2H2,1H3/b8-3+. The predicted molar refractivity (Wildman–Crippen MR) is 108 cm³/mol. The smallest absolute Gasteiger partial charge is 0.135 e. The summed E-state index contributed by atoms with van der Waals surface area (Å²) in [5, 5.41) is 8.85. The number of hydrogen-bond acceptors (Lipinski definition) is 1. The van der Waals surface area contributed by atoms with Gasteiger partial charge in [-0.3, -0.25) is 0 Å². The topological polar surface area (TPSA) is 13.1 Å². The highest BCUT2D eigenvalue weighted by molar-refractivity contribution is 6.18. The second-order valence-electron chi connectivity index (χ2n) is 6.52. The molecule has 1 aromatic heterocycles. The normalized spacial score (nSPS) is 12.2. The highest BCUT2D eigenvalue weighted by atomic mass is 16.3. The van der Waals surface area contributed by atoms with E-state index < -0.39 is 0 Å². The van der Waals surface area contributed by atoms with E-state index in [0.29, 0.717) is 0 Å². The van der Waals surface area contributed by atoms with Crippen LogP contribution in [0.25, 0.3) is 49.4 Å². The molecule has 0 aliphatic rings. The van der Waals surface area contributed by atoms with Crippen molar-refractivity contribution in [3.05, 3.63) is 78.6 Å². The van der Waals surface area contributed by atoms with Gasteiger partial charge in [-0.1, -0.05) is 55.5 Å². The molecule has 0 spiro atoms. The quantitative estimate of drug-likeness (QED) is 0.245. The molecule has 5 aromatic rings. The summed E-state index contributed by atoms with van der Waals surface area (Å²) in [5.74, 6) is 0.919. The fourth-order valence-electron chi connectivity index (χ4n) is 3.69. The monoisotopic (exact) mass is 322 g/mol. The second-order valence-corrected chi connectivity index (χ2v) is 6.52. The van der Waals surface area contributed by atoms with Gasteiger partial charge in [0, 0.05) is 5.39 Å². The molecule has 0 amide bonds. The molecule has 0 bridgehead atoms. The molecule has 0 aliphatic heterocycles. The van der Waals surface area contributed by atoms with Gasteiger partial charge >= 0.3 is 0 Å². The van der Waals surface area contributed by atoms with E-state index in [2.05, 4.69) is 85.8 Å². The molecule has 0 saturated carbocycles. The van der Waals surface area contributed by atoms with Gasteiger partial charge in [-0.05, 0) is 69.1 Å². The average molecular weight is 322 g/mol. The molecule has 25 heavy (non-hydrogen) atoms. The number of rotatable bonds is 2. The third-order valence-electron chi connectivity index (χ3n) is 4.92. The van der Waals surface area contributed by atoms with E-state index in [-0.39, 0.29) is 0 Å². The molecule has 1 nitrogen and oxygen atoms in total. The summed E-state index contributed by atoms with van der Waals surface area (Å²) in [6.45, 7) is 2.13. The van der Waals surface area contributed by atoms with E-state index in [1.807, 2.05) is 0 Å². The maximum absolute atomic E-state index is 5.97. The van der Waals surface area contributed by atoms with E-state index in [1.54, 1.807) is 0 Å².